The van der Waals surface area contributed by atoms with Crippen molar-refractivity contribution in [3.63, 3.8) is 0 Å². The largest absolute Gasteiger partial charge is 0.338 e. The van der Waals surface area contributed by atoms with Crippen LogP contribution in [0.3, 0.4) is 0 Å². The van der Waals surface area contributed by atoms with Crippen LogP contribution in [0, 0.1) is 0 Å². The van der Waals surface area contributed by atoms with Gasteiger partial charge in [-0.1, -0.05) is 54.1 Å². The second-order valence-corrected chi connectivity index (χ2v) is 5.60. The van der Waals surface area contributed by atoms with E-state index in [-0.39, 0.29) is 11.9 Å². The van der Waals surface area contributed by atoms with Gasteiger partial charge in [0, 0.05) is 19.4 Å². The van der Waals surface area contributed by atoms with E-state index in [1.165, 1.54) is 0 Å². The first-order chi connectivity index (χ1) is 11.2. The monoisotopic (exact) mass is 325 g/mol. The summed E-state index contributed by atoms with van der Waals surface area (Å²) in [5.74, 6) is 0.532. The molecule has 1 atom stereocenters. The van der Waals surface area contributed by atoms with Gasteiger partial charge in [-0.2, -0.15) is 0 Å². The molecule has 1 heterocycles. The van der Waals surface area contributed by atoms with Crippen molar-refractivity contribution in [1.29, 1.82) is 0 Å². The predicted octanol–water partition coefficient (Wildman–Crippen LogP) is 3.59. The zero-order valence-corrected chi connectivity index (χ0v) is 13.4. The van der Waals surface area contributed by atoms with E-state index in [1.54, 1.807) is 30.5 Å². The van der Waals surface area contributed by atoms with Gasteiger partial charge in [0.1, 0.15) is 11.9 Å². The molecule has 0 saturated carbocycles. The Labute approximate surface area is 139 Å². The molecular formula is C18H16ClN3O. The minimum absolute atomic E-state index is 0.229. The lowest BCUT2D eigenvalue weighted by Crippen LogP contribution is -2.31. The summed E-state index contributed by atoms with van der Waals surface area (Å²) in [6.07, 6.45) is 3.57. The molecule has 0 aliphatic rings. The van der Waals surface area contributed by atoms with Crippen molar-refractivity contribution in [2.75, 3.05) is 0 Å². The van der Waals surface area contributed by atoms with Crippen LogP contribution in [0.15, 0.2) is 67.0 Å². The Kier molecular flexibility index (Phi) is 4.44. The fourth-order valence-corrected chi connectivity index (χ4v) is 2.67. The van der Waals surface area contributed by atoms with Crippen LogP contribution in [0.25, 0.3) is 0 Å². The van der Waals surface area contributed by atoms with Gasteiger partial charge < -0.3 is 9.88 Å². The van der Waals surface area contributed by atoms with Crippen LogP contribution < -0.4 is 5.32 Å². The molecule has 5 heteroatoms. The maximum absolute atomic E-state index is 12.6. The summed E-state index contributed by atoms with van der Waals surface area (Å²) < 4.78 is 1.89. The molecule has 0 aliphatic carbocycles. The van der Waals surface area contributed by atoms with Crippen LogP contribution >= 0.6 is 11.6 Å². The van der Waals surface area contributed by atoms with Gasteiger partial charge in [-0.15, -0.1) is 0 Å². The second-order valence-electron chi connectivity index (χ2n) is 5.19. The lowest BCUT2D eigenvalue weighted by Gasteiger charge is -2.19. The number of amides is 1. The number of imidazole rings is 1. The molecular weight excluding hydrogens is 310 g/mol. The zero-order chi connectivity index (χ0) is 16.2. The Morgan fingerprint density at radius 1 is 1.13 bits per heavy atom. The lowest BCUT2D eigenvalue weighted by atomic mass is 10.1. The Hall–Kier alpha value is -2.59. The number of rotatable bonds is 4. The van der Waals surface area contributed by atoms with Crippen molar-refractivity contribution in [2.24, 2.45) is 7.05 Å². The van der Waals surface area contributed by atoms with Gasteiger partial charge >= 0.3 is 0 Å². The maximum Gasteiger partial charge on any atom is 0.253 e. The van der Waals surface area contributed by atoms with Gasteiger partial charge in [0.2, 0.25) is 0 Å². The highest BCUT2D eigenvalue weighted by molar-refractivity contribution is 6.33. The van der Waals surface area contributed by atoms with Crippen LogP contribution in [-0.2, 0) is 7.05 Å². The van der Waals surface area contributed by atoms with Gasteiger partial charge in [-0.25, -0.2) is 4.98 Å². The highest BCUT2D eigenvalue weighted by atomic mass is 35.5. The highest BCUT2D eigenvalue weighted by Gasteiger charge is 2.22. The zero-order valence-electron chi connectivity index (χ0n) is 12.6. The molecule has 1 N–H and O–H groups in total. The molecule has 3 aromatic rings. The van der Waals surface area contributed by atoms with Crippen molar-refractivity contribution >= 4 is 17.5 Å². The fraction of sp³-hybridized carbons (Fsp3) is 0.111. The highest BCUT2D eigenvalue weighted by Crippen LogP contribution is 2.22. The molecule has 0 bridgehead atoms. The van der Waals surface area contributed by atoms with Crippen LogP contribution in [0.4, 0.5) is 0 Å². The lowest BCUT2D eigenvalue weighted by molar-refractivity contribution is 0.0941. The molecule has 0 unspecified atom stereocenters. The van der Waals surface area contributed by atoms with E-state index in [4.69, 9.17) is 11.6 Å². The summed E-state index contributed by atoms with van der Waals surface area (Å²) in [6.45, 7) is 0. The number of halogens is 1. The van der Waals surface area contributed by atoms with Gasteiger partial charge in [0.25, 0.3) is 5.91 Å². The van der Waals surface area contributed by atoms with Gasteiger partial charge in [0.15, 0.2) is 0 Å². The molecule has 116 valence electrons. The third-order valence-electron chi connectivity index (χ3n) is 3.64. The third-order valence-corrected chi connectivity index (χ3v) is 3.97. The SMILES string of the molecule is Cn1ccnc1[C@@H](NC(=O)c1ccccc1Cl)c1ccccc1. The number of nitrogens with zero attached hydrogens (tertiary/aromatic N) is 2. The fourth-order valence-electron chi connectivity index (χ4n) is 2.45. The van der Waals surface area contributed by atoms with Crippen LogP contribution in [0.1, 0.15) is 27.8 Å². The summed E-state index contributed by atoms with van der Waals surface area (Å²) in [4.78, 5) is 17.0. The summed E-state index contributed by atoms with van der Waals surface area (Å²) in [5, 5.41) is 3.45. The Bertz CT molecular complexity index is 814. The Balaban J connectivity index is 1.96. The Morgan fingerprint density at radius 2 is 1.83 bits per heavy atom. The van der Waals surface area contributed by atoms with E-state index < -0.39 is 0 Å². The van der Waals surface area contributed by atoms with E-state index in [0.29, 0.717) is 10.6 Å². The number of hydrogen-bond acceptors (Lipinski definition) is 2. The molecule has 4 nitrogen and oxygen atoms in total. The molecule has 2 aromatic carbocycles. The van der Waals surface area contributed by atoms with Crippen molar-refractivity contribution in [3.05, 3.63) is 89.0 Å². The van der Waals surface area contributed by atoms with Crippen molar-refractivity contribution in [1.82, 2.24) is 14.9 Å². The summed E-state index contributed by atoms with van der Waals surface area (Å²) in [6, 6.07) is 16.4. The molecule has 3 rings (SSSR count). The van der Waals surface area contributed by atoms with Crippen LogP contribution in [0.5, 0.6) is 0 Å². The van der Waals surface area contributed by atoms with E-state index in [2.05, 4.69) is 10.3 Å². The molecule has 1 amide bonds. The van der Waals surface area contributed by atoms with Crippen molar-refractivity contribution < 1.29 is 4.79 Å². The first kappa shape index (κ1) is 15.3. The smallest absolute Gasteiger partial charge is 0.253 e. The molecule has 0 saturated heterocycles. The number of nitrogens with one attached hydrogen (secondary N) is 1. The van der Waals surface area contributed by atoms with Gasteiger partial charge in [0.05, 0.1) is 10.6 Å². The third kappa shape index (κ3) is 3.27. The second kappa shape index (κ2) is 6.67. The maximum atomic E-state index is 12.6. The number of carbonyl (C=O) groups excluding carboxylic acids is 1. The average Bonchev–Trinajstić information content (AvgIpc) is 2.99. The van der Waals surface area contributed by atoms with Gasteiger partial charge in [-0.05, 0) is 17.7 Å². The molecule has 0 fully saturated rings. The quantitative estimate of drug-likeness (QED) is 0.796. The average molecular weight is 326 g/mol. The molecule has 0 spiro atoms. The molecule has 1 aromatic heterocycles. The summed E-state index contributed by atoms with van der Waals surface area (Å²) in [5.41, 5.74) is 1.41. The molecule has 0 aliphatic heterocycles. The van der Waals surface area contributed by atoms with Crippen molar-refractivity contribution in [2.45, 2.75) is 6.04 Å². The standard InChI is InChI=1S/C18H16ClN3O/c1-22-12-11-20-17(22)16(13-7-3-2-4-8-13)21-18(23)14-9-5-6-10-15(14)19/h2-12,16H,1H3,(H,21,23)/t16-/m0/s1. The normalized spacial score (nSPS) is 11.9. The summed E-state index contributed by atoms with van der Waals surface area (Å²) >= 11 is 6.12. The first-order valence-electron chi connectivity index (χ1n) is 7.24. The van der Waals surface area contributed by atoms with E-state index >= 15 is 0 Å². The number of carbonyl (C=O) groups is 1. The summed E-state index contributed by atoms with van der Waals surface area (Å²) in [7, 11) is 1.90. The molecule has 0 radical (unpaired) electrons. The van der Waals surface area contributed by atoms with Crippen molar-refractivity contribution in [3.8, 4) is 0 Å². The van der Waals surface area contributed by atoms with Gasteiger partial charge in [-0.3, -0.25) is 4.79 Å². The Morgan fingerprint density at radius 3 is 2.48 bits per heavy atom. The number of aryl methyl sites for hydroxylation is 1. The molecule has 23 heavy (non-hydrogen) atoms. The van der Waals surface area contributed by atoms with E-state index in [1.807, 2.05) is 48.1 Å². The predicted molar refractivity (Wildman–Crippen MR) is 90.4 cm³/mol. The van der Waals surface area contributed by atoms with Crippen LogP contribution in [0.2, 0.25) is 5.02 Å². The number of hydrogen-bond donors (Lipinski definition) is 1. The topological polar surface area (TPSA) is 46.9 Å². The minimum atomic E-state index is -0.347. The van der Waals surface area contributed by atoms with E-state index in [0.717, 1.165) is 11.4 Å². The number of benzene rings is 2. The first-order valence-corrected chi connectivity index (χ1v) is 7.62. The van der Waals surface area contributed by atoms with Crippen LogP contribution in [-0.4, -0.2) is 15.5 Å². The van der Waals surface area contributed by atoms with E-state index in [9.17, 15) is 4.79 Å². The minimum Gasteiger partial charge on any atom is -0.338 e. The number of aromatic nitrogens is 2.